The van der Waals surface area contributed by atoms with Gasteiger partial charge in [0.15, 0.2) is 5.12 Å². The average molecular weight is 337 g/mol. The SMILES string of the molecule is CC(=O)S[C@H]1C[C@@H](C(=O)NCCS(=O)(=O)N(C)C)N(C)C1. The van der Waals surface area contributed by atoms with Crippen molar-refractivity contribution in [1.29, 1.82) is 0 Å². The summed E-state index contributed by atoms with van der Waals surface area (Å²) in [4.78, 5) is 25.1. The minimum Gasteiger partial charge on any atom is -0.354 e. The van der Waals surface area contributed by atoms with Crippen molar-refractivity contribution < 1.29 is 18.0 Å². The van der Waals surface area contributed by atoms with Crippen LogP contribution >= 0.6 is 11.8 Å². The molecule has 0 unspecified atom stereocenters. The van der Waals surface area contributed by atoms with E-state index in [0.717, 1.165) is 4.31 Å². The summed E-state index contributed by atoms with van der Waals surface area (Å²) in [6.07, 6.45) is 0.604. The molecule has 2 atom stereocenters. The minimum absolute atomic E-state index is 0.0477. The van der Waals surface area contributed by atoms with Crippen LogP contribution in [0.3, 0.4) is 0 Å². The van der Waals surface area contributed by atoms with Crippen LogP contribution in [0.1, 0.15) is 13.3 Å². The number of rotatable bonds is 6. The highest BCUT2D eigenvalue weighted by Crippen LogP contribution is 2.26. The van der Waals surface area contributed by atoms with Gasteiger partial charge in [-0.05, 0) is 13.5 Å². The van der Waals surface area contributed by atoms with Crippen LogP contribution in [-0.2, 0) is 19.6 Å². The van der Waals surface area contributed by atoms with E-state index >= 15 is 0 Å². The fourth-order valence-electron chi connectivity index (χ4n) is 2.18. The Balaban J connectivity index is 2.44. The van der Waals surface area contributed by atoms with Gasteiger partial charge in [-0.2, -0.15) is 0 Å². The Morgan fingerprint density at radius 3 is 2.52 bits per heavy atom. The molecule has 1 saturated heterocycles. The van der Waals surface area contributed by atoms with Gasteiger partial charge >= 0.3 is 0 Å². The van der Waals surface area contributed by atoms with Crippen molar-refractivity contribution in [3.63, 3.8) is 0 Å². The van der Waals surface area contributed by atoms with Crippen molar-refractivity contribution in [2.75, 3.05) is 40.0 Å². The third-order valence-corrected chi connectivity index (χ3v) is 6.20. The largest absolute Gasteiger partial charge is 0.354 e. The highest BCUT2D eigenvalue weighted by atomic mass is 32.2. The second-order valence-electron chi connectivity index (χ2n) is 5.31. The number of nitrogens with one attached hydrogen (secondary N) is 1. The molecule has 21 heavy (non-hydrogen) atoms. The summed E-state index contributed by atoms with van der Waals surface area (Å²) in [7, 11) is 1.46. The summed E-state index contributed by atoms with van der Waals surface area (Å²) in [5, 5.41) is 2.83. The molecule has 1 rings (SSSR count). The second kappa shape index (κ2) is 7.57. The van der Waals surface area contributed by atoms with Crippen LogP contribution in [0.4, 0.5) is 0 Å². The Hall–Kier alpha value is -0.640. The van der Waals surface area contributed by atoms with E-state index < -0.39 is 10.0 Å². The summed E-state index contributed by atoms with van der Waals surface area (Å²) in [6.45, 7) is 2.29. The molecule has 0 aliphatic carbocycles. The first-order valence-corrected chi connectivity index (χ1v) is 9.17. The van der Waals surface area contributed by atoms with E-state index in [9.17, 15) is 18.0 Å². The number of likely N-dealkylation sites (tertiary alicyclic amines) is 1. The number of hydrogen-bond donors (Lipinski definition) is 1. The molecule has 0 aromatic carbocycles. The van der Waals surface area contributed by atoms with Crippen LogP contribution in [0.15, 0.2) is 0 Å². The molecule has 0 radical (unpaired) electrons. The first-order chi connectivity index (χ1) is 9.63. The fraction of sp³-hybridized carbons (Fsp3) is 0.833. The molecule has 122 valence electrons. The maximum absolute atomic E-state index is 12.1. The third-order valence-electron chi connectivity index (χ3n) is 3.36. The molecule has 1 aliphatic heterocycles. The van der Waals surface area contributed by atoms with Crippen molar-refractivity contribution in [3.05, 3.63) is 0 Å². The van der Waals surface area contributed by atoms with Crippen LogP contribution in [0, 0.1) is 0 Å². The fourth-order valence-corrected chi connectivity index (χ4v) is 3.97. The van der Waals surface area contributed by atoms with Crippen molar-refractivity contribution in [3.8, 4) is 0 Å². The lowest BCUT2D eigenvalue weighted by atomic mass is 10.2. The zero-order chi connectivity index (χ0) is 16.2. The molecule has 0 aromatic rings. The van der Waals surface area contributed by atoms with Crippen molar-refractivity contribution in [2.45, 2.75) is 24.6 Å². The van der Waals surface area contributed by atoms with E-state index in [1.54, 1.807) is 0 Å². The second-order valence-corrected chi connectivity index (χ2v) is 9.09. The standard InChI is InChI=1S/C12H23N3O4S2/c1-9(16)20-10-7-11(15(4)8-10)12(17)13-5-6-21(18,19)14(2)3/h10-11H,5-8H2,1-4H3,(H,13,17)/t10-,11-/m0/s1. The molecule has 0 saturated carbocycles. The average Bonchev–Trinajstić information content (AvgIpc) is 2.68. The number of amides is 1. The maximum atomic E-state index is 12.1. The zero-order valence-corrected chi connectivity index (χ0v) is 14.5. The molecule has 0 aromatic heterocycles. The molecule has 1 N–H and O–H groups in total. The van der Waals surface area contributed by atoms with Gasteiger partial charge in [0, 0.05) is 39.4 Å². The van der Waals surface area contributed by atoms with Gasteiger partial charge in [0.2, 0.25) is 15.9 Å². The molecule has 1 fully saturated rings. The Morgan fingerprint density at radius 1 is 1.38 bits per heavy atom. The first-order valence-electron chi connectivity index (χ1n) is 6.69. The molecule has 0 spiro atoms. The van der Waals surface area contributed by atoms with E-state index in [0.29, 0.717) is 13.0 Å². The molecule has 0 bridgehead atoms. The molecular formula is C12H23N3O4S2. The van der Waals surface area contributed by atoms with Crippen molar-refractivity contribution in [2.24, 2.45) is 0 Å². The predicted molar refractivity (Wildman–Crippen MR) is 83.6 cm³/mol. The van der Waals surface area contributed by atoms with Crippen LogP contribution < -0.4 is 5.32 Å². The smallest absolute Gasteiger partial charge is 0.237 e. The summed E-state index contributed by atoms with van der Waals surface area (Å²) >= 11 is 1.26. The van der Waals surface area contributed by atoms with Gasteiger partial charge in [-0.25, -0.2) is 12.7 Å². The monoisotopic (exact) mass is 337 g/mol. The van der Waals surface area contributed by atoms with Crippen LogP contribution in [0.5, 0.6) is 0 Å². The number of carbonyl (C=O) groups is 2. The quantitative estimate of drug-likeness (QED) is 0.693. The molecule has 1 amide bonds. The van der Waals surface area contributed by atoms with Crippen LogP contribution in [0.25, 0.3) is 0 Å². The lowest BCUT2D eigenvalue weighted by Crippen LogP contribution is -2.43. The number of carbonyl (C=O) groups excluding carboxylic acids is 2. The summed E-state index contributed by atoms with van der Waals surface area (Å²) in [5.74, 6) is -0.300. The topological polar surface area (TPSA) is 86.8 Å². The van der Waals surface area contributed by atoms with E-state index in [-0.39, 0.29) is 34.6 Å². The highest BCUT2D eigenvalue weighted by Gasteiger charge is 2.35. The number of sulfonamides is 1. The number of nitrogens with zero attached hydrogens (tertiary/aromatic N) is 2. The van der Waals surface area contributed by atoms with Gasteiger partial charge in [-0.3, -0.25) is 14.5 Å². The summed E-state index contributed by atoms with van der Waals surface area (Å²) in [6, 6.07) is -0.302. The maximum Gasteiger partial charge on any atom is 0.237 e. The number of hydrogen-bond acceptors (Lipinski definition) is 6. The molecule has 1 heterocycles. The molecule has 1 aliphatic rings. The molecule has 7 nitrogen and oxygen atoms in total. The Bertz CT molecular complexity index is 493. The van der Waals surface area contributed by atoms with E-state index in [4.69, 9.17) is 0 Å². The van der Waals surface area contributed by atoms with Gasteiger partial charge in [0.1, 0.15) is 0 Å². The Kier molecular flexibility index (Phi) is 6.64. The normalized spacial score (nSPS) is 23.5. The Morgan fingerprint density at radius 2 is 2.00 bits per heavy atom. The first kappa shape index (κ1) is 18.4. The van der Waals surface area contributed by atoms with E-state index in [2.05, 4.69) is 5.32 Å². The van der Waals surface area contributed by atoms with Crippen molar-refractivity contribution >= 4 is 32.8 Å². The van der Waals surface area contributed by atoms with Gasteiger partial charge in [-0.15, -0.1) is 0 Å². The van der Waals surface area contributed by atoms with Gasteiger partial charge < -0.3 is 5.32 Å². The lowest BCUT2D eigenvalue weighted by molar-refractivity contribution is -0.124. The van der Waals surface area contributed by atoms with E-state index in [1.807, 2.05) is 11.9 Å². The number of thioether (sulfide) groups is 1. The Labute approximate surface area is 130 Å². The predicted octanol–water partition coefficient (Wildman–Crippen LogP) is -0.654. The third kappa shape index (κ3) is 5.57. The highest BCUT2D eigenvalue weighted by molar-refractivity contribution is 8.14. The van der Waals surface area contributed by atoms with E-state index in [1.165, 1.54) is 32.8 Å². The van der Waals surface area contributed by atoms with Crippen LogP contribution in [0.2, 0.25) is 0 Å². The number of likely N-dealkylation sites (N-methyl/N-ethyl adjacent to an activating group) is 1. The minimum atomic E-state index is -3.30. The lowest BCUT2D eigenvalue weighted by Gasteiger charge is -2.18. The van der Waals surface area contributed by atoms with Crippen LogP contribution in [-0.4, -0.2) is 79.9 Å². The van der Waals surface area contributed by atoms with Gasteiger partial charge in [-0.1, -0.05) is 11.8 Å². The summed E-state index contributed by atoms with van der Waals surface area (Å²) in [5.41, 5.74) is 0. The zero-order valence-electron chi connectivity index (χ0n) is 12.8. The summed E-state index contributed by atoms with van der Waals surface area (Å²) < 4.78 is 24.3. The molecule has 9 heteroatoms. The van der Waals surface area contributed by atoms with Gasteiger partial charge in [0.25, 0.3) is 0 Å². The van der Waals surface area contributed by atoms with Gasteiger partial charge in [0.05, 0.1) is 11.8 Å². The van der Waals surface area contributed by atoms with Crippen molar-refractivity contribution in [1.82, 2.24) is 14.5 Å². The molecular weight excluding hydrogens is 314 g/mol.